The number of rotatable bonds is 4. The summed E-state index contributed by atoms with van der Waals surface area (Å²) >= 11 is 0. The maximum Gasteiger partial charge on any atom is 0.411 e. The van der Waals surface area contributed by atoms with E-state index in [1.165, 1.54) is 12.1 Å². The van der Waals surface area contributed by atoms with Gasteiger partial charge in [0.05, 0.1) is 22.1 Å². The Hall–Kier alpha value is -4.60. The van der Waals surface area contributed by atoms with Gasteiger partial charge in [-0.3, -0.25) is 10.1 Å². The second-order valence-electron chi connectivity index (χ2n) is 7.41. The molecule has 3 aromatic carbocycles. The molecule has 0 radical (unpaired) electrons. The van der Waals surface area contributed by atoms with Crippen molar-refractivity contribution < 1.29 is 18.7 Å². The summed E-state index contributed by atoms with van der Waals surface area (Å²) in [7, 11) is 0. The van der Waals surface area contributed by atoms with Crippen molar-refractivity contribution in [3.63, 3.8) is 0 Å². The lowest BCUT2D eigenvalue weighted by Gasteiger charge is -2.10. The Kier molecular flexibility index (Phi) is 4.82. The number of nitrogens with one attached hydrogen (secondary N) is 3. The fourth-order valence-corrected chi connectivity index (χ4v) is 3.79. The molecule has 0 fully saturated rings. The summed E-state index contributed by atoms with van der Waals surface area (Å²) in [5, 5.41) is 18.6. The van der Waals surface area contributed by atoms with E-state index in [9.17, 15) is 18.4 Å². The number of hydrogen-bond donors (Lipinski definition) is 4. The molecule has 0 atom stereocenters. The highest BCUT2D eigenvalue weighted by Crippen LogP contribution is 2.30. The third-order valence-electron chi connectivity index (χ3n) is 5.25. The number of fused-ring (bicyclic) bond motifs is 2. The number of imidazole rings is 1. The van der Waals surface area contributed by atoms with Crippen molar-refractivity contribution in [3.05, 3.63) is 87.8 Å². The molecule has 33 heavy (non-hydrogen) atoms. The van der Waals surface area contributed by atoms with Crippen LogP contribution in [0.2, 0.25) is 0 Å². The minimum atomic E-state index is -1.28. The molecule has 0 saturated heterocycles. The Balaban J connectivity index is 1.57. The molecule has 0 aliphatic rings. The van der Waals surface area contributed by atoms with E-state index in [2.05, 4.69) is 25.5 Å². The van der Waals surface area contributed by atoms with Crippen LogP contribution in [0, 0.1) is 11.6 Å². The second kappa shape index (κ2) is 7.83. The molecule has 0 aliphatic heterocycles. The second-order valence-corrected chi connectivity index (χ2v) is 7.41. The standard InChI is InChI=1S/C23H15F2N5O3/c24-16-8-11(9-18-13-3-1-2-4-14(13)21(31)30-29-18)7-15(20(16)25)12-5-6-17-19(10-12)27-22(26-17)28-23(32)33/h1-8,10H,9H2,(H,30,31)(H,32,33)(H2,26,27,28). The van der Waals surface area contributed by atoms with Crippen molar-refractivity contribution in [1.29, 1.82) is 0 Å². The Morgan fingerprint density at radius 2 is 1.85 bits per heavy atom. The molecule has 0 saturated carbocycles. The van der Waals surface area contributed by atoms with Crippen LogP contribution in [0.25, 0.3) is 32.9 Å². The molecule has 2 aromatic heterocycles. The molecule has 2 heterocycles. The van der Waals surface area contributed by atoms with E-state index in [4.69, 9.17) is 5.11 Å². The SMILES string of the molecule is O=C(O)Nc1nc2cc(-c3cc(Cc4n[nH]c(=O)c5ccccc45)cc(F)c3F)ccc2[nH]1. The van der Waals surface area contributed by atoms with Crippen LogP contribution >= 0.6 is 0 Å². The van der Waals surface area contributed by atoms with Crippen LogP contribution in [0.4, 0.5) is 19.5 Å². The highest BCUT2D eigenvalue weighted by molar-refractivity contribution is 5.87. The van der Waals surface area contributed by atoms with Gasteiger partial charge in [-0.25, -0.2) is 23.7 Å². The van der Waals surface area contributed by atoms with E-state index in [1.54, 1.807) is 36.4 Å². The zero-order valence-electron chi connectivity index (χ0n) is 16.8. The van der Waals surface area contributed by atoms with Gasteiger partial charge in [-0.05, 0) is 41.5 Å². The Bertz CT molecular complexity index is 1610. The molecule has 10 heteroatoms. The number of H-pyrrole nitrogens is 2. The molecule has 0 unspecified atom stereocenters. The summed E-state index contributed by atoms with van der Waals surface area (Å²) in [6, 6.07) is 14.3. The quantitative estimate of drug-likeness (QED) is 0.325. The lowest BCUT2D eigenvalue weighted by atomic mass is 9.98. The fourth-order valence-electron chi connectivity index (χ4n) is 3.79. The summed E-state index contributed by atoms with van der Waals surface area (Å²) in [4.78, 5) is 29.7. The molecular weight excluding hydrogens is 432 g/mol. The predicted octanol–water partition coefficient (Wildman–Crippen LogP) is 4.43. The number of hydrogen-bond acceptors (Lipinski definition) is 4. The summed E-state index contributed by atoms with van der Waals surface area (Å²) in [6.07, 6.45) is -1.11. The first kappa shape index (κ1) is 20.3. The summed E-state index contributed by atoms with van der Waals surface area (Å²) in [5.41, 5.74) is 1.96. The average Bonchev–Trinajstić information content (AvgIpc) is 3.19. The van der Waals surface area contributed by atoms with Crippen LogP contribution in [-0.4, -0.2) is 31.4 Å². The summed E-state index contributed by atoms with van der Waals surface area (Å²) in [5.74, 6) is -2.02. The molecule has 0 spiro atoms. The molecular formula is C23H15F2N5O3. The van der Waals surface area contributed by atoms with E-state index in [0.717, 1.165) is 6.07 Å². The first-order valence-corrected chi connectivity index (χ1v) is 9.83. The number of benzene rings is 3. The summed E-state index contributed by atoms with van der Waals surface area (Å²) < 4.78 is 29.3. The number of amides is 1. The van der Waals surface area contributed by atoms with E-state index in [0.29, 0.717) is 38.6 Å². The fraction of sp³-hybridized carbons (Fsp3) is 0.0435. The average molecular weight is 447 g/mol. The predicted molar refractivity (Wildman–Crippen MR) is 118 cm³/mol. The number of aromatic nitrogens is 4. The number of aromatic amines is 2. The zero-order valence-corrected chi connectivity index (χ0v) is 16.8. The van der Waals surface area contributed by atoms with Gasteiger partial charge in [-0.1, -0.05) is 24.3 Å². The molecule has 0 aliphatic carbocycles. The van der Waals surface area contributed by atoms with Crippen molar-refractivity contribution in [3.8, 4) is 11.1 Å². The maximum absolute atomic E-state index is 14.7. The highest BCUT2D eigenvalue weighted by Gasteiger charge is 2.16. The summed E-state index contributed by atoms with van der Waals surface area (Å²) in [6.45, 7) is 0. The van der Waals surface area contributed by atoms with Gasteiger partial charge in [-0.2, -0.15) is 5.10 Å². The van der Waals surface area contributed by atoms with Crippen molar-refractivity contribution in [2.45, 2.75) is 6.42 Å². The minimum Gasteiger partial charge on any atom is -0.465 e. The molecule has 0 bridgehead atoms. The van der Waals surface area contributed by atoms with E-state index in [-0.39, 0.29) is 23.5 Å². The van der Waals surface area contributed by atoms with Crippen molar-refractivity contribution in [2.75, 3.05) is 5.32 Å². The van der Waals surface area contributed by atoms with Crippen molar-refractivity contribution in [1.82, 2.24) is 20.2 Å². The van der Waals surface area contributed by atoms with E-state index in [1.807, 2.05) is 0 Å². The molecule has 5 rings (SSSR count). The number of anilines is 1. The maximum atomic E-state index is 14.7. The Morgan fingerprint density at radius 1 is 1.06 bits per heavy atom. The third kappa shape index (κ3) is 3.78. The van der Waals surface area contributed by atoms with Gasteiger partial charge in [0, 0.05) is 17.4 Å². The zero-order chi connectivity index (χ0) is 23.1. The molecule has 5 aromatic rings. The van der Waals surface area contributed by atoms with Gasteiger partial charge < -0.3 is 10.1 Å². The molecule has 8 nitrogen and oxygen atoms in total. The van der Waals surface area contributed by atoms with Gasteiger partial charge in [0.1, 0.15) is 0 Å². The van der Waals surface area contributed by atoms with Gasteiger partial charge in [0.15, 0.2) is 11.6 Å². The minimum absolute atomic E-state index is 0.0195. The van der Waals surface area contributed by atoms with Crippen LogP contribution in [0.15, 0.2) is 59.4 Å². The number of carboxylic acid groups (broad SMARTS) is 1. The van der Waals surface area contributed by atoms with Crippen LogP contribution in [0.1, 0.15) is 11.3 Å². The Morgan fingerprint density at radius 3 is 2.64 bits per heavy atom. The number of nitrogens with zero attached hydrogens (tertiary/aromatic N) is 2. The lowest BCUT2D eigenvalue weighted by molar-refractivity contribution is 0.209. The monoisotopic (exact) mass is 447 g/mol. The van der Waals surface area contributed by atoms with Gasteiger partial charge in [-0.15, -0.1) is 0 Å². The smallest absolute Gasteiger partial charge is 0.411 e. The van der Waals surface area contributed by atoms with Crippen LogP contribution in [-0.2, 0) is 6.42 Å². The first-order valence-electron chi connectivity index (χ1n) is 9.83. The molecule has 1 amide bonds. The third-order valence-corrected chi connectivity index (χ3v) is 5.25. The highest BCUT2D eigenvalue weighted by atomic mass is 19.2. The van der Waals surface area contributed by atoms with Crippen LogP contribution in [0.3, 0.4) is 0 Å². The largest absolute Gasteiger partial charge is 0.465 e. The van der Waals surface area contributed by atoms with Gasteiger partial charge in [0.25, 0.3) is 5.56 Å². The normalized spacial score (nSPS) is 11.2. The Labute approximate surface area is 183 Å². The lowest BCUT2D eigenvalue weighted by Crippen LogP contribution is -2.11. The van der Waals surface area contributed by atoms with Gasteiger partial charge >= 0.3 is 6.09 Å². The molecule has 164 valence electrons. The van der Waals surface area contributed by atoms with Crippen molar-refractivity contribution >= 4 is 33.8 Å². The molecule has 4 N–H and O–H groups in total. The first-order chi connectivity index (χ1) is 15.9. The number of halogens is 2. The van der Waals surface area contributed by atoms with Crippen LogP contribution in [0.5, 0.6) is 0 Å². The van der Waals surface area contributed by atoms with Crippen LogP contribution < -0.4 is 10.9 Å². The topological polar surface area (TPSA) is 124 Å². The van der Waals surface area contributed by atoms with Gasteiger partial charge in [0.2, 0.25) is 5.95 Å². The number of carbonyl (C=O) groups is 1. The van der Waals surface area contributed by atoms with E-state index < -0.39 is 17.7 Å². The van der Waals surface area contributed by atoms with Crippen molar-refractivity contribution in [2.24, 2.45) is 0 Å². The van der Waals surface area contributed by atoms with E-state index >= 15 is 0 Å².